The zero-order chi connectivity index (χ0) is 14.0. The van der Waals surface area contributed by atoms with E-state index in [1.807, 2.05) is 0 Å². The van der Waals surface area contributed by atoms with Crippen LogP contribution in [0.3, 0.4) is 0 Å². The van der Waals surface area contributed by atoms with Crippen molar-refractivity contribution in [2.75, 3.05) is 7.11 Å². The molecule has 100 valence electrons. The Morgan fingerprint density at radius 2 is 1.95 bits per heavy atom. The molecule has 0 spiro atoms. The molecule has 0 atom stereocenters. The number of carbonyl (C=O) groups excluding carboxylic acids is 1. The number of benzene rings is 1. The van der Waals surface area contributed by atoms with Crippen LogP contribution in [-0.4, -0.2) is 26.5 Å². The first kappa shape index (κ1) is 14.0. The summed E-state index contributed by atoms with van der Waals surface area (Å²) in [5, 5.41) is 0.427. The van der Waals surface area contributed by atoms with Crippen LogP contribution in [0.5, 0.6) is 0 Å². The molecule has 0 saturated carbocycles. The molecule has 1 aromatic heterocycles. The van der Waals surface area contributed by atoms with Crippen molar-refractivity contribution in [1.29, 1.82) is 0 Å². The van der Waals surface area contributed by atoms with E-state index < -0.39 is 15.8 Å². The number of hydrogen-bond donors (Lipinski definition) is 0. The lowest BCUT2D eigenvalue weighted by Gasteiger charge is -2.03. The number of aromatic nitrogens is 1. The highest BCUT2D eigenvalue weighted by atomic mass is 35.5. The van der Waals surface area contributed by atoms with Crippen LogP contribution in [0.15, 0.2) is 38.9 Å². The topological polar surface area (TPSA) is 73.3 Å². The van der Waals surface area contributed by atoms with Crippen molar-refractivity contribution in [2.45, 2.75) is 9.10 Å². The van der Waals surface area contributed by atoms with Gasteiger partial charge in [-0.3, -0.25) is 0 Å². The Kier molecular flexibility index (Phi) is 3.88. The standard InChI is InChI=1S/C11H8ClNO4S2/c1-17-10(14)9-11(18-6-13-9)19(15,16)8-4-2-7(12)3-5-8/h2-6H,1H3. The Hall–Kier alpha value is -1.44. The van der Waals surface area contributed by atoms with Crippen LogP contribution in [0.4, 0.5) is 0 Å². The van der Waals surface area contributed by atoms with E-state index in [9.17, 15) is 13.2 Å². The summed E-state index contributed by atoms with van der Waals surface area (Å²) in [5.74, 6) is -0.784. The molecule has 5 nitrogen and oxygen atoms in total. The minimum absolute atomic E-state index is 0.0475. The monoisotopic (exact) mass is 317 g/mol. The molecule has 0 bridgehead atoms. The van der Waals surface area contributed by atoms with Gasteiger partial charge in [-0.25, -0.2) is 18.2 Å². The van der Waals surface area contributed by atoms with Gasteiger partial charge in [0, 0.05) is 5.02 Å². The van der Waals surface area contributed by atoms with E-state index in [0.29, 0.717) is 5.02 Å². The van der Waals surface area contributed by atoms with Crippen molar-refractivity contribution < 1.29 is 17.9 Å². The first-order chi connectivity index (χ1) is 8.96. The van der Waals surface area contributed by atoms with Gasteiger partial charge in [-0.15, -0.1) is 11.3 Å². The van der Waals surface area contributed by atoms with Gasteiger partial charge >= 0.3 is 5.97 Å². The van der Waals surface area contributed by atoms with Crippen LogP contribution in [0.1, 0.15) is 10.5 Å². The van der Waals surface area contributed by atoms with Crippen LogP contribution in [0.2, 0.25) is 5.02 Å². The number of hydrogen-bond acceptors (Lipinski definition) is 6. The summed E-state index contributed by atoms with van der Waals surface area (Å²) in [6.45, 7) is 0. The third-order valence-corrected chi connectivity index (χ3v) is 5.67. The molecule has 0 unspecified atom stereocenters. The molecule has 0 aliphatic heterocycles. The van der Waals surface area contributed by atoms with E-state index >= 15 is 0 Å². The maximum Gasteiger partial charge on any atom is 0.358 e. The molecule has 0 fully saturated rings. The van der Waals surface area contributed by atoms with Crippen molar-refractivity contribution in [1.82, 2.24) is 4.98 Å². The molecule has 8 heteroatoms. The lowest BCUT2D eigenvalue weighted by molar-refractivity contribution is 0.0590. The second-order valence-corrected chi connectivity index (χ2v) is 6.87. The van der Waals surface area contributed by atoms with Gasteiger partial charge in [0.05, 0.1) is 17.5 Å². The molecule has 1 heterocycles. The number of esters is 1. The predicted molar refractivity (Wildman–Crippen MR) is 70.4 cm³/mol. The molecular weight excluding hydrogens is 310 g/mol. The summed E-state index contributed by atoms with van der Waals surface area (Å²) in [6.07, 6.45) is 0. The molecule has 1 aromatic carbocycles. The predicted octanol–water partition coefficient (Wildman–Crippen LogP) is 2.42. The van der Waals surface area contributed by atoms with Crippen LogP contribution in [0, 0.1) is 0 Å². The van der Waals surface area contributed by atoms with Gasteiger partial charge < -0.3 is 4.74 Å². The number of rotatable bonds is 3. The minimum atomic E-state index is -3.80. The summed E-state index contributed by atoms with van der Waals surface area (Å²) in [7, 11) is -2.63. The third kappa shape index (κ3) is 2.63. The van der Waals surface area contributed by atoms with Gasteiger partial charge in [0.2, 0.25) is 9.84 Å². The van der Waals surface area contributed by atoms with Gasteiger partial charge in [-0.05, 0) is 24.3 Å². The zero-order valence-electron chi connectivity index (χ0n) is 9.66. The summed E-state index contributed by atoms with van der Waals surface area (Å²) in [5.41, 5.74) is 1.08. The maximum atomic E-state index is 12.4. The van der Waals surface area contributed by atoms with E-state index in [1.54, 1.807) is 0 Å². The smallest absolute Gasteiger partial charge is 0.358 e. The molecule has 0 aliphatic carbocycles. The van der Waals surface area contributed by atoms with E-state index in [0.717, 1.165) is 11.3 Å². The van der Waals surface area contributed by atoms with Crippen LogP contribution < -0.4 is 0 Å². The van der Waals surface area contributed by atoms with Crippen molar-refractivity contribution in [2.24, 2.45) is 0 Å². The lowest BCUT2D eigenvalue weighted by atomic mass is 10.4. The summed E-state index contributed by atoms with van der Waals surface area (Å²) in [6, 6.07) is 5.68. The van der Waals surface area contributed by atoms with E-state index in [1.165, 1.54) is 36.9 Å². The molecule has 0 saturated heterocycles. The Labute approximate surface area is 118 Å². The number of thiazole rings is 1. The first-order valence-corrected chi connectivity index (χ1v) is 7.73. The van der Waals surface area contributed by atoms with Gasteiger partial charge in [0.25, 0.3) is 0 Å². The average Bonchev–Trinajstić information content (AvgIpc) is 2.88. The maximum absolute atomic E-state index is 12.4. The number of methoxy groups -OCH3 is 1. The lowest BCUT2D eigenvalue weighted by Crippen LogP contribution is -2.09. The molecule has 0 amide bonds. The summed E-state index contributed by atoms with van der Waals surface area (Å²) in [4.78, 5) is 15.2. The molecule has 19 heavy (non-hydrogen) atoms. The minimum Gasteiger partial charge on any atom is -0.464 e. The van der Waals surface area contributed by atoms with Crippen molar-refractivity contribution in [3.8, 4) is 0 Å². The fourth-order valence-electron chi connectivity index (χ4n) is 1.38. The summed E-state index contributed by atoms with van der Waals surface area (Å²) >= 11 is 6.58. The van der Waals surface area contributed by atoms with Crippen LogP contribution in [0.25, 0.3) is 0 Å². The van der Waals surface area contributed by atoms with Gasteiger partial charge in [-0.1, -0.05) is 11.6 Å². The first-order valence-electron chi connectivity index (χ1n) is 4.99. The number of ether oxygens (including phenoxy) is 1. The largest absolute Gasteiger partial charge is 0.464 e. The zero-order valence-corrected chi connectivity index (χ0v) is 12.1. The second kappa shape index (κ2) is 5.28. The number of carbonyl (C=O) groups is 1. The molecule has 2 rings (SSSR count). The Morgan fingerprint density at radius 1 is 1.32 bits per heavy atom. The highest BCUT2D eigenvalue weighted by molar-refractivity contribution is 7.93. The average molecular weight is 318 g/mol. The van der Waals surface area contributed by atoms with Crippen molar-refractivity contribution in [3.63, 3.8) is 0 Å². The highest BCUT2D eigenvalue weighted by Crippen LogP contribution is 2.28. The van der Waals surface area contributed by atoms with Gasteiger partial charge in [-0.2, -0.15) is 0 Å². The molecule has 0 N–H and O–H groups in total. The number of halogens is 1. The molecule has 0 radical (unpaired) electrons. The van der Waals surface area contributed by atoms with Gasteiger partial charge in [0.1, 0.15) is 0 Å². The van der Waals surface area contributed by atoms with Crippen LogP contribution >= 0.6 is 22.9 Å². The van der Waals surface area contributed by atoms with Crippen LogP contribution in [-0.2, 0) is 14.6 Å². The molecule has 2 aromatic rings. The fraction of sp³-hybridized carbons (Fsp3) is 0.0909. The number of sulfone groups is 1. The van der Waals surface area contributed by atoms with Crippen molar-refractivity contribution in [3.05, 3.63) is 40.5 Å². The quantitative estimate of drug-likeness (QED) is 0.813. The third-order valence-electron chi connectivity index (χ3n) is 2.28. The highest BCUT2D eigenvalue weighted by Gasteiger charge is 2.28. The number of nitrogens with zero attached hydrogens (tertiary/aromatic N) is 1. The second-order valence-electron chi connectivity index (χ2n) is 3.44. The molecule has 0 aliphatic rings. The fourth-order valence-corrected chi connectivity index (χ4v) is 4.03. The SMILES string of the molecule is COC(=O)c1ncsc1S(=O)(=O)c1ccc(Cl)cc1. The Morgan fingerprint density at radius 3 is 2.53 bits per heavy atom. The van der Waals surface area contributed by atoms with E-state index in [4.69, 9.17) is 11.6 Å². The Balaban J connectivity index is 2.54. The van der Waals surface area contributed by atoms with E-state index in [2.05, 4.69) is 9.72 Å². The van der Waals surface area contributed by atoms with Crippen molar-refractivity contribution >= 4 is 38.7 Å². The van der Waals surface area contributed by atoms with Gasteiger partial charge in [0.15, 0.2) is 9.90 Å². The van der Waals surface area contributed by atoms with E-state index in [-0.39, 0.29) is 14.8 Å². The Bertz CT molecular complexity index is 707. The normalized spacial score (nSPS) is 11.3. The summed E-state index contributed by atoms with van der Waals surface area (Å²) < 4.78 is 29.1. The molecular formula is C11H8ClNO4S2.